The molecule has 0 amide bonds. The topological polar surface area (TPSA) is 110 Å². The molecule has 0 bridgehead atoms. The monoisotopic (exact) mass is 550 g/mol. The Balaban J connectivity index is 1.11. The number of hydrogen-bond donors (Lipinski definition) is 1. The normalized spacial score (nSPS) is 23.7. The molecule has 2 fully saturated rings. The maximum atomic E-state index is 9.82. The van der Waals surface area contributed by atoms with Crippen LogP contribution in [0.3, 0.4) is 0 Å². The number of thioether (sulfide) groups is 1. The Bertz CT molecular complexity index is 1430. The van der Waals surface area contributed by atoms with E-state index in [0.29, 0.717) is 23.5 Å². The van der Waals surface area contributed by atoms with Crippen LogP contribution in [0, 0.1) is 0 Å². The number of fused-ring (bicyclic) bond motifs is 2. The third-order valence-electron chi connectivity index (χ3n) is 6.77. The molecule has 2 saturated heterocycles. The van der Waals surface area contributed by atoms with Gasteiger partial charge in [-0.3, -0.25) is 4.57 Å². The van der Waals surface area contributed by atoms with Gasteiger partial charge in [0.05, 0.1) is 20.0 Å². The van der Waals surface area contributed by atoms with Crippen molar-refractivity contribution in [2.45, 2.75) is 61.6 Å². The SMILES string of the molecule is COc1ccc(COc2ccc(CSc3ncnc4c3ncn4C3OC(CO)C4OC(C)(C)OC43)cc2)cc1. The molecule has 0 radical (unpaired) electrons. The number of ether oxygens (including phenoxy) is 5. The van der Waals surface area contributed by atoms with Crippen LogP contribution in [0.5, 0.6) is 11.5 Å². The maximum Gasteiger partial charge on any atom is 0.166 e. The molecule has 0 saturated carbocycles. The molecule has 2 aliphatic rings. The van der Waals surface area contributed by atoms with E-state index in [1.807, 2.05) is 66.9 Å². The first-order valence-electron chi connectivity index (χ1n) is 12.7. The number of hydrogen-bond acceptors (Lipinski definition) is 10. The lowest BCUT2D eigenvalue weighted by Crippen LogP contribution is -2.31. The number of aliphatic hydroxyl groups excluding tert-OH is 1. The van der Waals surface area contributed by atoms with Crippen molar-refractivity contribution in [1.29, 1.82) is 0 Å². The van der Waals surface area contributed by atoms with Gasteiger partial charge in [-0.15, -0.1) is 0 Å². The van der Waals surface area contributed by atoms with Crippen LogP contribution in [0.1, 0.15) is 31.2 Å². The second-order valence-electron chi connectivity index (χ2n) is 9.88. The highest BCUT2D eigenvalue weighted by molar-refractivity contribution is 7.98. The van der Waals surface area contributed by atoms with Crippen LogP contribution >= 0.6 is 11.8 Å². The Hall–Kier alpha value is -3.22. The zero-order valence-corrected chi connectivity index (χ0v) is 22.7. The van der Waals surface area contributed by atoms with Gasteiger partial charge < -0.3 is 28.8 Å². The summed E-state index contributed by atoms with van der Waals surface area (Å²) in [5.74, 6) is 1.58. The third kappa shape index (κ3) is 5.32. The zero-order valence-electron chi connectivity index (χ0n) is 21.9. The minimum atomic E-state index is -0.757. The van der Waals surface area contributed by atoms with Gasteiger partial charge in [0.15, 0.2) is 17.7 Å². The first kappa shape index (κ1) is 26.0. The summed E-state index contributed by atoms with van der Waals surface area (Å²) in [6.45, 7) is 4.05. The van der Waals surface area contributed by atoms with Crippen LogP contribution in [0.25, 0.3) is 11.2 Å². The van der Waals surface area contributed by atoms with Crippen molar-refractivity contribution in [2.24, 2.45) is 0 Å². The van der Waals surface area contributed by atoms with Crippen LogP contribution < -0.4 is 9.47 Å². The van der Waals surface area contributed by atoms with Crippen molar-refractivity contribution in [1.82, 2.24) is 19.5 Å². The quantitative estimate of drug-likeness (QED) is 0.241. The lowest BCUT2D eigenvalue weighted by Gasteiger charge is -2.24. The maximum absolute atomic E-state index is 9.82. The molecular formula is C28H30N4O6S. The van der Waals surface area contributed by atoms with Crippen LogP contribution in [0.15, 0.2) is 66.2 Å². The summed E-state index contributed by atoms with van der Waals surface area (Å²) in [5, 5.41) is 10.6. The van der Waals surface area contributed by atoms with Crippen molar-refractivity contribution < 1.29 is 28.8 Å². The van der Waals surface area contributed by atoms with Crippen molar-refractivity contribution >= 4 is 22.9 Å². The molecule has 1 N–H and O–H groups in total. The molecule has 0 spiro atoms. The van der Waals surface area contributed by atoms with Gasteiger partial charge in [-0.2, -0.15) is 0 Å². The molecule has 10 nitrogen and oxygen atoms in total. The number of aromatic nitrogens is 4. The predicted octanol–water partition coefficient (Wildman–Crippen LogP) is 4.12. The molecule has 2 aliphatic heterocycles. The highest BCUT2D eigenvalue weighted by Crippen LogP contribution is 2.43. The molecule has 204 valence electrons. The van der Waals surface area contributed by atoms with Crippen LogP contribution in [0.2, 0.25) is 0 Å². The van der Waals surface area contributed by atoms with E-state index in [4.69, 9.17) is 23.7 Å². The van der Waals surface area contributed by atoms with E-state index < -0.39 is 18.1 Å². The van der Waals surface area contributed by atoms with E-state index in [-0.39, 0.29) is 18.8 Å². The Labute approximate surface area is 230 Å². The Morgan fingerprint density at radius 1 is 0.949 bits per heavy atom. The summed E-state index contributed by atoms with van der Waals surface area (Å²) in [7, 11) is 1.65. The second-order valence-corrected chi connectivity index (χ2v) is 10.8. The summed E-state index contributed by atoms with van der Waals surface area (Å²) in [4.78, 5) is 13.6. The highest BCUT2D eigenvalue weighted by atomic mass is 32.2. The van der Waals surface area contributed by atoms with Crippen molar-refractivity contribution in [3.63, 3.8) is 0 Å². The molecule has 39 heavy (non-hydrogen) atoms. The second kappa shape index (κ2) is 10.7. The van der Waals surface area contributed by atoms with Gasteiger partial charge >= 0.3 is 0 Å². The zero-order chi connectivity index (χ0) is 27.0. The molecule has 4 unspecified atom stereocenters. The Morgan fingerprint density at radius 3 is 2.41 bits per heavy atom. The van der Waals surface area contributed by atoms with Gasteiger partial charge in [0.1, 0.15) is 53.3 Å². The fraction of sp³-hybridized carbons (Fsp3) is 0.393. The van der Waals surface area contributed by atoms with Crippen LogP contribution in [0.4, 0.5) is 0 Å². The fourth-order valence-electron chi connectivity index (χ4n) is 4.87. The lowest BCUT2D eigenvalue weighted by atomic mass is 10.1. The smallest absolute Gasteiger partial charge is 0.166 e. The van der Waals surface area contributed by atoms with E-state index >= 15 is 0 Å². The number of aliphatic hydroxyl groups is 1. The van der Waals surface area contributed by atoms with Gasteiger partial charge in [0.2, 0.25) is 0 Å². The first-order chi connectivity index (χ1) is 18.9. The van der Waals surface area contributed by atoms with Crippen molar-refractivity contribution in [3.05, 3.63) is 72.3 Å². The number of methoxy groups -OCH3 is 1. The number of benzene rings is 2. The first-order valence-corrected chi connectivity index (χ1v) is 13.7. The summed E-state index contributed by atoms with van der Waals surface area (Å²) < 4.78 is 31.2. The molecule has 4 aromatic rings. The van der Waals surface area contributed by atoms with Crippen molar-refractivity contribution in [3.8, 4) is 11.5 Å². The molecule has 4 atom stereocenters. The molecule has 2 aromatic heterocycles. The molecular weight excluding hydrogens is 520 g/mol. The van der Waals surface area contributed by atoms with Crippen LogP contribution in [-0.2, 0) is 26.6 Å². The molecule has 6 rings (SSSR count). The predicted molar refractivity (Wildman–Crippen MR) is 143 cm³/mol. The van der Waals surface area contributed by atoms with Gasteiger partial charge in [-0.1, -0.05) is 36.0 Å². The van der Waals surface area contributed by atoms with Gasteiger partial charge in [0.25, 0.3) is 0 Å². The van der Waals surface area contributed by atoms with Gasteiger partial charge in [-0.25, -0.2) is 15.0 Å². The van der Waals surface area contributed by atoms with Gasteiger partial charge in [0, 0.05) is 5.75 Å². The standard InChI is InChI=1S/C28H30N4O6S/c1-28(2)37-23-21(12-33)36-27(24(23)38-28)32-16-31-22-25(32)29-15-30-26(22)39-14-18-6-10-20(11-7-18)35-13-17-4-8-19(34-3)9-5-17/h4-11,15-16,21,23-24,27,33H,12-14H2,1-3H3. The van der Waals surface area contributed by atoms with E-state index in [0.717, 1.165) is 27.7 Å². The van der Waals surface area contributed by atoms with E-state index in [2.05, 4.69) is 15.0 Å². The average Bonchev–Trinajstić information content (AvgIpc) is 3.62. The fourth-order valence-corrected chi connectivity index (χ4v) is 5.77. The number of nitrogens with zero attached hydrogens (tertiary/aromatic N) is 4. The largest absolute Gasteiger partial charge is 0.497 e. The molecule has 2 aromatic carbocycles. The van der Waals surface area contributed by atoms with Crippen LogP contribution in [-0.4, -0.2) is 62.4 Å². The van der Waals surface area contributed by atoms with E-state index in [9.17, 15) is 5.11 Å². The molecule has 11 heteroatoms. The summed E-state index contributed by atoms with van der Waals surface area (Å²) in [5.41, 5.74) is 3.54. The van der Waals surface area contributed by atoms with Gasteiger partial charge in [-0.05, 0) is 49.2 Å². The van der Waals surface area contributed by atoms with Crippen molar-refractivity contribution in [2.75, 3.05) is 13.7 Å². The Morgan fingerprint density at radius 2 is 1.67 bits per heavy atom. The summed E-state index contributed by atoms with van der Waals surface area (Å²) in [6, 6.07) is 15.9. The molecule has 0 aliphatic carbocycles. The minimum Gasteiger partial charge on any atom is -0.497 e. The number of imidazole rings is 1. The van der Waals surface area contributed by atoms with E-state index in [1.54, 1.807) is 25.2 Å². The molecule has 4 heterocycles. The lowest BCUT2D eigenvalue weighted by molar-refractivity contribution is -0.199. The average molecular weight is 551 g/mol. The summed E-state index contributed by atoms with van der Waals surface area (Å²) in [6.07, 6.45) is 1.46. The number of rotatable bonds is 9. The summed E-state index contributed by atoms with van der Waals surface area (Å²) >= 11 is 1.59. The third-order valence-corrected chi connectivity index (χ3v) is 7.82. The van der Waals surface area contributed by atoms with E-state index in [1.165, 1.54) is 6.33 Å². The minimum absolute atomic E-state index is 0.162. The Kier molecular flexibility index (Phi) is 7.17. The highest BCUT2D eigenvalue weighted by Gasteiger charge is 2.56.